The molecular formula is C24H27FN4O2. The van der Waals surface area contributed by atoms with Crippen LogP contribution in [-0.2, 0) is 22.4 Å². The third kappa shape index (κ3) is 4.05. The first-order chi connectivity index (χ1) is 15.0. The molecule has 31 heavy (non-hydrogen) atoms. The number of likely N-dealkylation sites (tertiary alicyclic amines) is 1. The van der Waals surface area contributed by atoms with Crippen molar-refractivity contribution in [2.24, 2.45) is 5.92 Å². The number of aryl methyl sites for hydroxylation is 1. The predicted molar refractivity (Wildman–Crippen MR) is 114 cm³/mol. The largest absolute Gasteiger partial charge is 0.332 e. The van der Waals surface area contributed by atoms with Gasteiger partial charge in [0.25, 0.3) is 0 Å². The molecule has 2 aliphatic heterocycles. The highest BCUT2D eigenvalue weighted by Crippen LogP contribution is 2.37. The van der Waals surface area contributed by atoms with E-state index in [0.717, 1.165) is 48.4 Å². The van der Waals surface area contributed by atoms with Gasteiger partial charge in [-0.15, -0.1) is 0 Å². The quantitative estimate of drug-likeness (QED) is 0.740. The van der Waals surface area contributed by atoms with Crippen LogP contribution in [0.5, 0.6) is 0 Å². The number of nitrogens with zero attached hydrogens (tertiary/aromatic N) is 4. The number of rotatable bonds is 5. The molecule has 0 bridgehead atoms. The summed E-state index contributed by atoms with van der Waals surface area (Å²) in [6.45, 7) is 3.33. The summed E-state index contributed by atoms with van der Waals surface area (Å²) in [4.78, 5) is 39.0. The fraction of sp³-hybridized carbons (Fsp3) is 0.500. The second-order valence-electron chi connectivity index (χ2n) is 9.00. The Kier molecular flexibility index (Phi) is 5.20. The van der Waals surface area contributed by atoms with Crippen molar-refractivity contribution in [2.75, 3.05) is 18.0 Å². The summed E-state index contributed by atoms with van der Waals surface area (Å²) < 4.78 is 13.2. The molecule has 1 aromatic heterocycles. The molecule has 162 valence electrons. The van der Waals surface area contributed by atoms with Crippen molar-refractivity contribution in [1.29, 1.82) is 0 Å². The van der Waals surface area contributed by atoms with Crippen LogP contribution in [0, 0.1) is 18.7 Å². The average Bonchev–Trinajstić information content (AvgIpc) is 3.53. The second kappa shape index (κ2) is 8.02. The lowest BCUT2D eigenvalue weighted by atomic mass is 9.99. The third-order valence-corrected chi connectivity index (χ3v) is 6.62. The van der Waals surface area contributed by atoms with E-state index in [1.54, 1.807) is 12.1 Å². The Hall–Kier alpha value is -2.83. The Balaban J connectivity index is 1.41. The molecule has 0 radical (unpaired) electrons. The van der Waals surface area contributed by atoms with Crippen molar-refractivity contribution in [2.45, 2.75) is 57.9 Å². The summed E-state index contributed by atoms with van der Waals surface area (Å²) in [6.07, 6.45) is 5.70. The monoisotopic (exact) mass is 422 g/mol. The second-order valence-corrected chi connectivity index (χ2v) is 9.00. The van der Waals surface area contributed by atoms with Gasteiger partial charge in [0.15, 0.2) is 5.82 Å². The van der Waals surface area contributed by atoms with Crippen LogP contribution in [0.2, 0.25) is 0 Å². The van der Waals surface area contributed by atoms with Crippen molar-refractivity contribution >= 4 is 17.6 Å². The molecule has 6 nitrogen and oxygen atoms in total. The number of amides is 2. The van der Waals surface area contributed by atoms with Crippen LogP contribution in [0.15, 0.2) is 24.3 Å². The standard InChI is InChI=1S/C24H27FN4O2/c1-15-19-13-22(31)29(14-17-5-6-17)24(19)27-23(26-15)20-4-2-3-11-28(20)21(30)12-16-7-9-18(25)10-8-16/h7-10,17,20H,2-6,11-14H2,1H3/t20-/m0/s1. The minimum atomic E-state index is -0.306. The summed E-state index contributed by atoms with van der Waals surface area (Å²) in [5.74, 6) is 1.76. The zero-order valence-corrected chi connectivity index (χ0v) is 17.8. The van der Waals surface area contributed by atoms with Crippen molar-refractivity contribution in [3.05, 3.63) is 52.7 Å². The van der Waals surface area contributed by atoms with Crippen LogP contribution in [0.4, 0.5) is 10.2 Å². The van der Waals surface area contributed by atoms with Crippen LogP contribution in [0.1, 0.15) is 60.8 Å². The number of aromatic nitrogens is 2. The van der Waals surface area contributed by atoms with E-state index in [1.165, 1.54) is 25.0 Å². The lowest BCUT2D eigenvalue weighted by Gasteiger charge is -2.35. The minimum absolute atomic E-state index is 0.00368. The number of halogens is 1. The molecule has 3 aliphatic rings. The first-order valence-corrected chi connectivity index (χ1v) is 11.2. The fourth-order valence-corrected chi connectivity index (χ4v) is 4.67. The van der Waals surface area contributed by atoms with Gasteiger partial charge >= 0.3 is 0 Å². The Labute approximate surface area is 181 Å². The van der Waals surface area contributed by atoms with Crippen LogP contribution in [0.25, 0.3) is 0 Å². The van der Waals surface area contributed by atoms with Crippen molar-refractivity contribution < 1.29 is 14.0 Å². The minimum Gasteiger partial charge on any atom is -0.332 e. The third-order valence-electron chi connectivity index (χ3n) is 6.62. The number of benzene rings is 1. The topological polar surface area (TPSA) is 66.4 Å². The summed E-state index contributed by atoms with van der Waals surface area (Å²) in [6, 6.07) is 5.89. The van der Waals surface area contributed by atoms with E-state index in [0.29, 0.717) is 24.7 Å². The molecule has 0 spiro atoms. The van der Waals surface area contributed by atoms with Gasteiger partial charge < -0.3 is 4.90 Å². The van der Waals surface area contributed by atoms with Gasteiger partial charge in [0, 0.05) is 24.3 Å². The first kappa shape index (κ1) is 20.1. The maximum absolute atomic E-state index is 13.2. The number of anilines is 1. The van der Waals surface area contributed by atoms with Gasteiger partial charge in [-0.05, 0) is 62.6 Å². The number of carbonyl (C=O) groups is 2. The van der Waals surface area contributed by atoms with Gasteiger partial charge in [0.2, 0.25) is 11.8 Å². The van der Waals surface area contributed by atoms with Crippen molar-refractivity contribution in [3.63, 3.8) is 0 Å². The maximum atomic E-state index is 13.2. The number of piperidine rings is 1. The SMILES string of the molecule is Cc1nc([C@@H]2CCCCN2C(=O)Cc2ccc(F)cc2)nc2c1CC(=O)N2CC1CC1. The Bertz CT molecular complexity index is 1020. The molecule has 3 heterocycles. The van der Waals surface area contributed by atoms with E-state index in [4.69, 9.17) is 9.97 Å². The van der Waals surface area contributed by atoms with E-state index < -0.39 is 0 Å². The normalized spacial score (nSPS) is 20.8. The molecule has 1 saturated heterocycles. The number of fused-ring (bicyclic) bond motifs is 1. The summed E-state index contributed by atoms with van der Waals surface area (Å²) >= 11 is 0. The molecule has 0 N–H and O–H groups in total. The number of hydrogen-bond acceptors (Lipinski definition) is 4. The molecule has 2 aromatic rings. The zero-order chi connectivity index (χ0) is 21.5. The molecule has 7 heteroatoms. The molecule has 2 fully saturated rings. The van der Waals surface area contributed by atoms with E-state index in [-0.39, 0.29) is 30.1 Å². The van der Waals surface area contributed by atoms with E-state index in [9.17, 15) is 14.0 Å². The predicted octanol–water partition coefficient (Wildman–Crippen LogP) is 3.52. The number of hydrogen-bond donors (Lipinski definition) is 0. The lowest BCUT2D eigenvalue weighted by molar-refractivity contribution is -0.134. The lowest BCUT2D eigenvalue weighted by Crippen LogP contribution is -2.40. The highest BCUT2D eigenvalue weighted by atomic mass is 19.1. The highest BCUT2D eigenvalue weighted by molar-refractivity contribution is 6.00. The molecule has 5 rings (SSSR count). The van der Waals surface area contributed by atoms with E-state index in [1.807, 2.05) is 16.7 Å². The van der Waals surface area contributed by atoms with E-state index in [2.05, 4.69) is 0 Å². The average molecular weight is 423 g/mol. The smallest absolute Gasteiger partial charge is 0.232 e. The Morgan fingerprint density at radius 2 is 1.90 bits per heavy atom. The first-order valence-electron chi connectivity index (χ1n) is 11.2. The maximum Gasteiger partial charge on any atom is 0.232 e. The molecule has 1 aliphatic carbocycles. The van der Waals surface area contributed by atoms with Gasteiger partial charge in [0.05, 0.1) is 18.9 Å². The van der Waals surface area contributed by atoms with Crippen LogP contribution in [0.3, 0.4) is 0 Å². The molecular weight excluding hydrogens is 395 g/mol. The van der Waals surface area contributed by atoms with Gasteiger partial charge in [-0.2, -0.15) is 0 Å². The molecule has 0 unspecified atom stereocenters. The summed E-state index contributed by atoms with van der Waals surface area (Å²) in [5, 5.41) is 0. The summed E-state index contributed by atoms with van der Waals surface area (Å²) in [7, 11) is 0. The van der Waals surface area contributed by atoms with Gasteiger partial charge in [-0.1, -0.05) is 12.1 Å². The van der Waals surface area contributed by atoms with Crippen molar-refractivity contribution in [1.82, 2.24) is 14.9 Å². The zero-order valence-electron chi connectivity index (χ0n) is 17.8. The summed E-state index contributed by atoms with van der Waals surface area (Å²) in [5.41, 5.74) is 2.56. The van der Waals surface area contributed by atoms with Gasteiger partial charge in [-0.3, -0.25) is 14.5 Å². The number of carbonyl (C=O) groups excluding carboxylic acids is 2. The van der Waals surface area contributed by atoms with E-state index >= 15 is 0 Å². The Morgan fingerprint density at radius 3 is 2.65 bits per heavy atom. The Morgan fingerprint density at radius 1 is 1.13 bits per heavy atom. The molecule has 1 saturated carbocycles. The van der Waals surface area contributed by atoms with Crippen LogP contribution >= 0.6 is 0 Å². The molecule has 2 amide bonds. The van der Waals surface area contributed by atoms with Crippen LogP contribution < -0.4 is 4.90 Å². The van der Waals surface area contributed by atoms with Crippen LogP contribution in [-0.4, -0.2) is 39.8 Å². The fourth-order valence-electron chi connectivity index (χ4n) is 4.67. The highest BCUT2D eigenvalue weighted by Gasteiger charge is 2.37. The van der Waals surface area contributed by atoms with Gasteiger partial charge in [0.1, 0.15) is 11.6 Å². The van der Waals surface area contributed by atoms with Crippen molar-refractivity contribution in [3.8, 4) is 0 Å². The van der Waals surface area contributed by atoms with Gasteiger partial charge in [-0.25, -0.2) is 14.4 Å². The molecule has 1 atom stereocenters. The molecule has 1 aromatic carbocycles.